The lowest BCUT2D eigenvalue weighted by Gasteiger charge is -2.17. The van der Waals surface area contributed by atoms with Crippen LogP contribution in [0.3, 0.4) is 0 Å². The highest BCUT2D eigenvalue weighted by atomic mass is 35.5. The van der Waals surface area contributed by atoms with Gasteiger partial charge in [0.25, 0.3) is 0 Å². The maximum atomic E-state index is 13.3. The van der Waals surface area contributed by atoms with Crippen LogP contribution < -0.4 is 15.5 Å². The summed E-state index contributed by atoms with van der Waals surface area (Å²) in [5.41, 5.74) is 3.72. The number of hydrogen-bond donors (Lipinski definition) is 2. The molecular weight excluding hydrogens is 417 g/mol. The Morgan fingerprint density at radius 3 is 2.52 bits per heavy atom. The van der Waals surface area contributed by atoms with E-state index in [0.29, 0.717) is 28.5 Å². The van der Waals surface area contributed by atoms with Gasteiger partial charge in [0.1, 0.15) is 23.2 Å². The first kappa shape index (κ1) is 19.4. The van der Waals surface area contributed by atoms with Crippen molar-refractivity contribution in [2.45, 2.75) is 12.8 Å². The van der Waals surface area contributed by atoms with Crippen molar-refractivity contribution in [1.82, 2.24) is 19.9 Å². The van der Waals surface area contributed by atoms with Gasteiger partial charge in [-0.15, -0.1) is 0 Å². The molecule has 7 nitrogen and oxygen atoms in total. The average Bonchev–Trinajstić information content (AvgIpc) is 3.31. The van der Waals surface area contributed by atoms with Crippen molar-refractivity contribution in [3.63, 3.8) is 0 Å². The summed E-state index contributed by atoms with van der Waals surface area (Å²) < 4.78 is 13.3. The SMILES string of the molecule is Fc1ccc(Nc2ncnc3cnc(Nc4ccc(N5CCCC5)cc4)nc23)c(Cl)c1. The maximum Gasteiger partial charge on any atom is 0.227 e. The number of nitrogens with one attached hydrogen (secondary N) is 2. The fourth-order valence-electron chi connectivity index (χ4n) is 3.58. The Morgan fingerprint density at radius 2 is 1.74 bits per heavy atom. The van der Waals surface area contributed by atoms with E-state index in [0.717, 1.165) is 18.8 Å². The number of benzene rings is 2. The summed E-state index contributed by atoms with van der Waals surface area (Å²) in [5.74, 6) is 0.463. The normalized spacial score (nSPS) is 13.5. The number of aromatic nitrogens is 4. The molecule has 31 heavy (non-hydrogen) atoms. The molecule has 2 aromatic carbocycles. The molecule has 3 heterocycles. The third-order valence-electron chi connectivity index (χ3n) is 5.16. The Kier molecular flexibility index (Phi) is 5.21. The third-order valence-corrected chi connectivity index (χ3v) is 5.47. The zero-order valence-corrected chi connectivity index (χ0v) is 17.3. The number of rotatable bonds is 5. The molecule has 0 unspecified atom stereocenters. The number of fused-ring (bicyclic) bond motifs is 1. The molecule has 1 fully saturated rings. The Morgan fingerprint density at radius 1 is 0.935 bits per heavy atom. The van der Waals surface area contributed by atoms with Gasteiger partial charge in [-0.25, -0.2) is 24.3 Å². The van der Waals surface area contributed by atoms with E-state index in [9.17, 15) is 4.39 Å². The topological polar surface area (TPSA) is 78.9 Å². The lowest BCUT2D eigenvalue weighted by molar-refractivity contribution is 0.628. The fourth-order valence-corrected chi connectivity index (χ4v) is 3.80. The van der Waals surface area contributed by atoms with Crippen LogP contribution in [-0.4, -0.2) is 33.0 Å². The highest BCUT2D eigenvalue weighted by Crippen LogP contribution is 2.28. The van der Waals surface area contributed by atoms with Crippen LogP contribution in [0.4, 0.5) is 33.2 Å². The zero-order valence-electron chi connectivity index (χ0n) is 16.5. The molecule has 0 spiro atoms. The van der Waals surface area contributed by atoms with Crippen LogP contribution in [0.1, 0.15) is 12.8 Å². The quantitative estimate of drug-likeness (QED) is 0.440. The van der Waals surface area contributed by atoms with Crippen LogP contribution in [0.25, 0.3) is 11.0 Å². The summed E-state index contributed by atoms with van der Waals surface area (Å²) in [6, 6.07) is 12.3. The van der Waals surface area contributed by atoms with Crippen molar-refractivity contribution in [3.8, 4) is 0 Å². The first-order valence-corrected chi connectivity index (χ1v) is 10.4. The fraction of sp³-hybridized carbons (Fsp3) is 0.182. The first-order valence-electron chi connectivity index (χ1n) is 9.97. The predicted octanol–water partition coefficient (Wildman–Crippen LogP) is 5.30. The molecule has 0 saturated carbocycles. The molecule has 2 N–H and O–H groups in total. The monoisotopic (exact) mass is 435 g/mol. The number of halogens is 2. The smallest absolute Gasteiger partial charge is 0.227 e. The first-order chi connectivity index (χ1) is 15.2. The van der Waals surface area contributed by atoms with Crippen molar-refractivity contribution in [3.05, 3.63) is 65.8 Å². The Bertz CT molecular complexity index is 1230. The van der Waals surface area contributed by atoms with E-state index in [-0.39, 0.29) is 5.02 Å². The van der Waals surface area contributed by atoms with Gasteiger partial charge in [0.05, 0.1) is 16.9 Å². The van der Waals surface area contributed by atoms with Crippen LogP contribution in [0, 0.1) is 5.82 Å². The standard InChI is InChI=1S/C22H19ClFN7/c23-17-11-14(24)3-8-18(17)29-21-20-19(26-13-27-21)12-25-22(30-20)28-15-4-6-16(7-5-15)31-9-1-2-10-31/h3-8,11-13H,1-2,9-10H2,(H,25,28,30)(H,26,27,29). The van der Waals surface area contributed by atoms with Crippen molar-refractivity contribution in [1.29, 1.82) is 0 Å². The molecule has 0 aliphatic carbocycles. The molecule has 5 rings (SSSR count). The highest BCUT2D eigenvalue weighted by molar-refractivity contribution is 6.33. The zero-order chi connectivity index (χ0) is 21.2. The van der Waals surface area contributed by atoms with Gasteiger partial charge in [0.15, 0.2) is 5.82 Å². The number of anilines is 5. The summed E-state index contributed by atoms with van der Waals surface area (Å²) in [7, 11) is 0. The summed E-state index contributed by atoms with van der Waals surface area (Å²) in [4.78, 5) is 19.8. The number of nitrogens with zero attached hydrogens (tertiary/aromatic N) is 5. The summed E-state index contributed by atoms with van der Waals surface area (Å²) in [6.45, 7) is 2.21. The number of hydrogen-bond acceptors (Lipinski definition) is 7. The lowest BCUT2D eigenvalue weighted by atomic mass is 10.2. The van der Waals surface area contributed by atoms with E-state index in [4.69, 9.17) is 11.6 Å². The van der Waals surface area contributed by atoms with E-state index < -0.39 is 5.82 Å². The third kappa shape index (κ3) is 4.20. The van der Waals surface area contributed by atoms with Crippen LogP contribution in [0.5, 0.6) is 0 Å². The molecule has 1 aliphatic rings. The van der Waals surface area contributed by atoms with E-state index in [1.807, 2.05) is 12.1 Å². The van der Waals surface area contributed by atoms with Crippen LogP contribution in [0.15, 0.2) is 55.0 Å². The van der Waals surface area contributed by atoms with Crippen molar-refractivity contribution < 1.29 is 4.39 Å². The average molecular weight is 436 g/mol. The molecule has 4 aromatic rings. The molecule has 0 amide bonds. The van der Waals surface area contributed by atoms with Gasteiger partial charge in [-0.1, -0.05) is 11.6 Å². The largest absolute Gasteiger partial charge is 0.372 e. The van der Waals surface area contributed by atoms with Gasteiger partial charge >= 0.3 is 0 Å². The summed E-state index contributed by atoms with van der Waals surface area (Å²) in [5, 5.41) is 6.57. The molecule has 0 bridgehead atoms. The second kappa shape index (κ2) is 8.31. The van der Waals surface area contributed by atoms with Gasteiger partial charge in [0, 0.05) is 24.5 Å². The van der Waals surface area contributed by atoms with Gasteiger partial charge in [-0.3, -0.25) is 0 Å². The van der Waals surface area contributed by atoms with E-state index in [2.05, 4.69) is 47.6 Å². The molecular formula is C22H19ClFN7. The van der Waals surface area contributed by atoms with Crippen molar-refractivity contribution in [2.75, 3.05) is 28.6 Å². The van der Waals surface area contributed by atoms with Crippen molar-refractivity contribution >= 4 is 51.5 Å². The molecule has 0 radical (unpaired) electrons. The van der Waals surface area contributed by atoms with E-state index in [1.54, 1.807) is 12.3 Å². The van der Waals surface area contributed by atoms with Gasteiger partial charge in [0.2, 0.25) is 5.95 Å². The second-order valence-electron chi connectivity index (χ2n) is 7.26. The second-order valence-corrected chi connectivity index (χ2v) is 7.67. The van der Waals surface area contributed by atoms with E-state index >= 15 is 0 Å². The Balaban J connectivity index is 1.40. The maximum absolute atomic E-state index is 13.3. The summed E-state index contributed by atoms with van der Waals surface area (Å²) in [6.07, 6.45) is 5.52. The minimum absolute atomic E-state index is 0.247. The minimum Gasteiger partial charge on any atom is -0.372 e. The Hall–Kier alpha value is -3.52. The van der Waals surface area contributed by atoms with E-state index in [1.165, 1.54) is 37.0 Å². The van der Waals surface area contributed by atoms with Gasteiger partial charge in [-0.2, -0.15) is 0 Å². The molecule has 156 valence electrons. The molecule has 2 aromatic heterocycles. The van der Waals surface area contributed by atoms with Gasteiger partial charge in [-0.05, 0) is 55.3 Å². The van der Waals surface area contributed by atoms with Crippen LogP contribution in [-0.2, 0) is 0 Å². The lowest BCUT2D eigenvalue weighted by Crippen LogP contribution is -2.17. The molecule has 9 heteroatoms. The molecule has 1 aliphatic heterocycles. The van der Waals surface area contributed by atoms with Gasteiger partial charge < -0.3 is 15.5 Å². The molecule has 0 atom stereocenters. The van der Waals surface area contributed by atoms with Crippen LogP contribution >= 0.6 is 11.6 Å². The van der Waals surface area contributed by atoms with Crippen LogP contribution in [0.2, 0.25) is 5.02 Å². The predicted molar refractivity (Wildman–Crippen MR) is 121 cm³/mol. The Labute approximate surface area is 183 Å². The summed E-state index contributed by atoms with van der Waals surface area (Å²) >= 11 is 6.13. The van der Waals surface area contributed by atoms with Crippen molar-refractivity contribution in [2.24, 2.45) is 0 Å². The highest BCUT2D eigenvalue weighted by Gasteiger charge is 2.13. The minimum atomic E-state index is -0.410. The molecule has 1 saturated heterocycles.